The van der Waals surface area contributed by atoms with Crippen molar-refractivity contribution in [3.8, 4) is 0 Å². The number of nitro groups is 1. The fraction of sp³-hybridized carbons (Fsp3) is 0.300. The summed E-state index contributed by atoms with van der Waals surface area (Å²) < 4.78 is 4.73. The van der Waals surface area contributed by atoms with Gasteiger partial charge >= 0.3 is 5.97 Å². The number of nitro benzene ring substituents is 1. The molecule has 0 unspecified atom stereocenters. The number of carbonyl (C=O) groups excluding carboxylic acids is 1. The molecule has 86 valence electrons. The first-order valence-corrected chi connectivity index (χ1v) is 5.00. The third-order valence-corrected chi connectivity index (χ3v) is 2.18. The second kappa shape index (κ2) is 5.46. The van der Waals surface area contributed by atoms with E-state index in [0.29, 0.717) is 5.56 Å². The van der Waals surface area contributed by atoms with Gasteiger partial charge in [0.2, 0.25) is 0 Å². The molecule has 1 aromatic rings. The first kappa shape index (κ1) is 12.4. The number of ether oxygens (including phenoxy) is 1. The summed E-state index contributed by atoms with van der Waals surface area (Å²) in [5.74, 6) is -0.417. The summed E-state index contributed by atoms with van der Waals surface area (Å²) in [7, 11) is 0. The molecule has 0 atom stereocenters. The summed E-state index contributed by atoms with van der Waals surface area (Å²) in [4.78, 5) is 21.2. The fourth-order valence-corrected chi connectivity index (χ4v) is 1.37. The molecule has 0 saturated heterocycles. The van der Waals surface area contributed by atoms with E-state index in [4.69, 9.17) is 16.3 Å². The number of benzene rings is 1. The van der Waals surface area contributed by atoms with Gasteiger partial charge in [0, 0.05) is 6.07 Å². The highest BCUT2D eigenvalue weighted by Gasteiger charge is 2.14. The van der Waals surface area contributed by atoms with Gasteiger partial charge in [-0.3, -0.25) is 14.9 Å². The third-order valence-electron chi connectivity index (χ3n) is 1.86. The molecular weight excluding hydrogens is 234 g/mol. The molecule has 0 amide bonds. The molecule has 5 nitrogen and oxygen atoms in total. The number of nitrogens with zero attached hydrogens (tertiary/aromatic N) is 1. The number of hydrogen-bond acceptors (Lipinski definition) is 4. The lowest BCUT2D eigenvalue weighted by molar-refractivity contribution is -0.384. The first-order chi connectivity index (χ1) is 7.54. The van der Waals surface area contributed by atoms with Crippen LogP contribution in [0.1, 0.15) is 12.5 Å². The maximum Gasteiger partial charge on any atom is 0.310 e. The highest BCUT2D eigenvalue weighted by molar-refractivity contribution is 6.32. The van der Waals surface area contributed by atoms with Gasteiger partial charge in [-0.1, -0.05) is 17.7 Å². The normalized spacial score (nSPS) is 9.88. The van der Waals surface area contributed by atoms with Crippen LogP contribution >= 0.6 is 11.6 Å². The summed E-state index contributed by atoms with van der Waals surface area (Å²) in [5.41, 5.74) is 0.304. The van der Waals surface area contributed by atoms with Crippen LogP contribution in [-0.2, 0) is 16.0 Å². The van der Waals surface area contributed by atoms with Gasteiger partial charge in [0.1, 0.15) is 5.02 Å². The van der Waals surface area contributed by atoms with Gasteiger partial charge in [-0.2, -0.15) is 0 Å². The summed E-state index contributed by atoms with van der Waals surface area (Å²) in [5, 5.41) is 10.6. The van der Waals surface area contributed by atoms with Crippen molar-refractivity contribution in [2.24, 2.45) is 0 Å². The summed E-state index contributed by atoms with van der Waals surface area (Å²) in [6, 6.07) is 4.24. The fourth-order valence-electron chi connectivity index (χ4n) is 1.19. The molecule has 0 N–H and O–H groups in total. The van der Waals surface area contributed by atoms with Crippen molar-refractivity contribution >= 4 is 23.3 Å². The molecule has 0 saturated carbocycles. The Bertz CT molecular complexity index is 419. The number of rotatable bonds is 4. The van der Waals surface area contributed by atoms with E-state index in [2.05, 4.69) is 0 Å². The van der Waals surface area contributed by atoms with E-state index < -0.39 is 10.9 Å². The zero-order valence-corrected chi connectivity index (χ0v) is 9.36. The van der Waals surface area contributed by atoms with Crippen LogP contribution in [-0.4, -0.2) is 17.5 Å². The van der Waals surface area contributed by atoms with Crippen LogP contribution in [0.15, 0.2) is 18.2 Å². The number of carbonyl (C=O) groups is 1. The topological polar surface area (TPSA) is 69.4 Å². The van der Waals surface area contributed by atoms with E-state index in [0.717, 1.165) is 0 Å². The van der Waals surface area contributed by atoms with E-state index >= 15 is 0 Å². The molecule has 0 spiro atoms. The SMILES string of the molecule is CCOC(=O)Cc1ccc(Cl)c([N+](=O)[O-])c1. The highest BCUT2D eigenvalue weighted by atomic mass is 35.5. The smallest absolute Gasteiger partial charge is 0.310 e. The summed E-state index contributed by atoms with van der Waals surface area (Å²) in [6.07, 6.45) is 0.00580. The minimum absolute atomic E-state index is 0.00580. The monoisotopic (exact) mass is 243 g/mol. The molecular formula is C10H10ClNO4. The lowest BCUT2D eigenvalue weighted by atomic mass is 10.1. The first-order valence-electron chi connectivity index (χ1n) is 4.63. The van der Waals surface area contributed by atoms with Crippen molar-refractivity contribution in [2.45, 2.75) is 13.3 Å². The van der Waals surface area contributed by atoms with Crippen LogP contribution < -0.4 is 0 Å². The van der Waals surface area contributed by atoms with E-state index in [-0.39, 0.29) is 23.7 Å². The Morgan fingerprint density at radius 2 is 2.25 bits per heavy atom. The lowest BCUT2D eigenvalue weighted by Gasteiger charge is -2.02. The average Bonchev–Trinajstić information content (AvgIpc) is 2.21. The number of hydrogen-bond donors (Lipinski definition) is 0. The maximum atomic E-state index is 11.2. The van der Waals surface area contributed by atoms with Crippen LogP contribution in [0.25, 0.3) is 0 Å². The Kier molecular flexibility index (Phi) is 4.25. The van der Waals surface area contributed by atoms with Gasteiger partial charge in [-0.15, -0.1) is 0 Å². The maximum absolute atomic E-state index is 11.2. The van der Waals surface area contributed by atoms with Gasteiger partial charge in [0.05, 0.1) is 18.0 Å². The van der Waals surface area contributed by atoms with Gasteiger partial charge in [-0.25, -0.2) is 0 Å². The third kappa shape index (κ3) is 3.20. The quantitative estimate of drug-likeness (QED) is 0.462. The summed E-state index contributed by atoms with van der Waals surface area (Å²) >= 11 is 5.63. The second-order valence-corrected chi connectivity index (χ2v) is 3.43. The Hall–Kier alpha value is -1.62. The minimum Gasteiger partial charge on any atom is -0.466 e. The Balaban J connectivity index is 2.87. The highest BCUT2D eigenvalue weighted by Crippen LogP contribution is 2.25. The van der Waals surface area contributed by atoms with E-state index in [1.54, 1.807) is 13.0 Å². The van der Waals surface area contributed by atoms with E-state index in [1.165, 1.54) is 12.1 Å². The number of esters is 1. The van der Waals surface area contributed by atoms with Crippen LogP contribution in [0, 0.1) is 10.1 Å². The minimum atomic E-state index is -0.586. The van der Waals surface area contributed by atoms with Gasteiger partial charge in [0.15, 0.2) is 0 Å². The molecule has 0 aliphatic carbocycles. The molecule has 0 aliphatic rings. The Labute approximate surface area is 97.1 Å². The zero-order chi connectivity index (χ0) is 12.1. The van der Waals surface area contributed by atoms with Crippen molar-refractivity contribution in [3.63, 3.8) is 0 Å². The Morgan fingerprint density at radius 1 is 1.56 bits per heavy atom. The van der Waals surface area contributed by atoms with Gasteiger partial charge in [-0.05, 0) is 18.6 Å². The van der Waals surface area contributed by atoms with Crippen molar-refractivity contribution in [3.05, 3.63) is 38.9 Å². The molecule has 0 bridgehead atoms. The largest absolute Gasteiger partial charge is 0.466 e. The van der Waals surface area contributed by atoms with Crippen LogP contribution in [0.4, 0.5) is 5.69 Å². The van der Waals surface area contributed by atoms with Crippen molar-refractivity contribution < 1.29 is 14.5 Å². The number of halogens is 1. The Morgan fingerprint density at radius 3 is 2.81 bits per heavy atom. The molecule has 0 fully saturated rings. The molecule has 0 radical (unpaired) electrons. The van der Waals surface area contributed by atoms with Crippen molar-refractivity contribution in [2.75, 3.05) is 6.61 Å². The van der Waals surface area contributed by atoms with Crippen LogP contribution in [0.5, 0.6) is 0 Å². The second-order valence-electron chi connectivity index (χ2n) is 3.02. The van der Waals surface area contributed by atoms with Crippen molar-refractivity contribution in [1.82, 2.24) is 0 Å². The van der Waals surface area contributed by atoms with Crippen molar-refractivity contribution in [1.29, 1.82) is 0 Å². The summed E-state index contributed by atoms with van der Waals surface area (Å²) in [6.45, 7) is 1.98. The zero-order valence-electron chi connectivity index (χ0n) is 8.60. The predicted molar refractivity (Wildman–Crippen MR) is 58.4 cm³/mol. The molecule has 0 aliphatic heterocycles. The molecule has 0 heterocycles. The molecule has 16 heavy (non-hydrogen) atoms. The molecule has 1 rings (SSSR count). The van der Waals surface area contributed by atoms with Crippen LogP contribution in [0.3, 0.4) is 0 Å². The van der Waals surface area contributed by atoms with Gasteiger partial charge < -0.3 is 4.74 Å². The van der Waals surface area contributed by atoms with E-state index in [1.807, 2.05) is 0 Å². The predicted octanol–water partition coefficient (Wildman–Crippen LogP) is 2.35. The van der Waals surface area contributed by atoms with E-state index in [9.17, 15) is 14.9 Å². The molecule has 1 aromatic carbocycles. The lowest BCUT2D eigenvalue weighted by Crippen LogP contribution is -2.07. The average molecular weight is 244 g/mol. The molecule has 6 heteroatoms. The molecule has 0 aromatic heterocycles. The van der Waals surface area contributed by atoms with Crippen LogP contribution in [0.2, 0.25) is 5.02 Å². The van der Waals surface area contributed by atoms with Gasteiger partial charge in [0.25, 0.3) is 5.69 Å². The standard InChI is InChI=1S/C10H10ClNO4/c1-2-16-10(13)6-7-3-4-8(11)9(5-7)12(14)15/h3-5H,2,6H2,1H3.